The number of carbonyl (C=O) groups excluding carboxylic acids is 1. The van der Waals surface area contributed by atoms with Crippen LogP contribution < -0.4 is 5.43 Å². The first-order valence-electron chi connectivity index (χ1n) is 6.64. The molecule has 1 aromatic carbocycles. The lowest BCUT2D eigenvalue weighted by Crippen LogP contribution is -2.20. The topological polar surface area (TPSA) is 54.6 Å². The van der Waals surface area contributed by atoms with Crippen molar-refractivity contribution in [1.82, 2.24) is 5.43 Å². The Hall–Kier alpha value is -2.36. The minimum Gasteiger partial charge on any atom is -0.469 e. The molecule has 0 saturated heterocycles. The van der Waals surface area contributed by atoms with Gasteiger partial charge < -0.3 is 4.42 Å². The van der Waals surface area contributed by atoms with E-state index < -0.39 is 0 Å². The van der Waals surface area contributed by atoms with Gasteiger partial charge in [0.1, 0.15) is 5.76 Å². The van der Waals surface area contributed by atoms with Crippen LogP contribution in [0.4, 0.5) is 0 Å². The molecule has 0 aliphatic carbocycles. The van der Waals surface area contributed by atoms with Gasteiger partial charge in [-0.05, 0) is 25.0 Å². The van der Waals surface area contributed by atoms with Gasteiger partial charge in [0.05, 0.1) is 11.8 Å². The molecule has 0 unspecified atom stereocenters. The molecule has 4 nitrogen and oxygen atoms in total. The second-order valence-corrected chi connectivity index (χ2v) is 4.53. The Bertz CT molecular complexity index is 600. The summed E-state index contributed by atoms with van der Waals surface area (Å²) in [5, 5.41) is 4.21. The smallest absolute Gasteiger partial charge is 0.274 e. The normalized spacial score (nSPS) is 11.4. The fourth-order valence-electron chi connectivity index (χ4n) is 1.89. The number of nitrogens with one attached hydrogen (secondary N) is 1. The molecule has 2 rings (SSSR count). The van der Waals surface area contributed by atoms with E-state index in [1.807, 2.05) is 37.3 Å². The van der Waals surface area contributed by atoms with E-state index in [0.717, 1.165) is 18.6 Å². The Morgan fingerprint density at radius 2 is 2.00 bits per heavy atom. The first kappa shape index (κ1) is 14.1. The van der Waals surface area contributed by atoms with Crippen LogP contribution in [-0.2, 0) is 6.42 Å². The second-order valence-electron chi connectivity index (χ2n) is 4.53. The zero-order chi connectivity index (χ0) is 14.4. The molecule has 2 aromatic rings. The number of nitrogens with zero attached hydrogens (tertiary/aromatic N) is 1. The lowest BCUT2D eigenvalue weighted by atomic mass is 10.1. The van der Waals surface area contributed by atoms with Crippen LogP contribution in [0.5, 0.6) is 0 Å². The summed E-state index contributed by atoms with van der Waals surface area (Å²) in [5.41, 5.74) is 5.22. The van der Waals surface area contributed by atoms with Crippen molar-refractivity contribution in [3.63, 3.8) is 0 Å². The molecular weight excluding hydrogens is 252 g/mol. The third-order valence-electron chi connectivity index (χ3n) is 3.08. The highest BCUT2D eigenvalue weighted by Crippen LogP contribution is 2.08. The number of hydrazone groups is 1. The minimum atomic E-state index is -0.240. The standard InChI is InChI=1S/C16H18N2O2/c1-3-14(11-13-7-5-4-6-8-13)17-18-16(19)15-9-10-20-12(15)2/h4-10H,3,11H2,1-2H3,(H,18,19)/b17-14-. The summed E-state index contributed by atoms with van der Waals surface area (Å²) in [6, 6.07) is 11.7. The third kappa shape index (κ3) is 3.57. The Morgan fingerprint density at radius 3 is 2.60 bits per heavy atom. The molecule has 104 valence electrons. The van der Waals surface area contributed by atoms with Gasteiger partial charge >= 0.3 is 0 Å². The van der Waals surface area contributed by atoms with Gasteiger partial charge in [0, 0.05) is 12.1 Å². The van der Waals surface area contributed by atoms with Crippen molar-refractivity contribution in [2.75, 3.05) is 0 Å². The summed E-state index contributed by atoms with van der Waals surface area (Å²) in [6.07, 6.45) is 3.03. The van der Waals surface area contributed by atoms with Crippen molar-refractivity contribution >= 4 is 11.6 Å². The third-order valence-corrected chi connectivity index (χ3v) is 3.08. The van der Waals surface area contributed by atoms with E-state index in [4.69, 9.17) is 4.42 Å². The van der Waals surface area contributed by atoms with Gasteiger partial charge in [-0.15, -0.1) is 0 Å². The molecule has 4 heteroatoms. The summed E-state index contributed by atoms with van der Waals surface area (Å²) >= 11 is 0. The molecule has 0 aliphatic heterocycles. The van der Waals surface area contributed by atoms with Crippen LogP contribution in [0.25, 0.3) is 0 Å². The van der Waals surface area contributed by atoms with Crippen molar-refractivity contribution in [3.8, 4) is 0 Å². The Labute approximate surface area is 118 Å². The first-order valence-corrected chi connectivity index (χ1v) is 6.64. The van der Waals surface area contributed by atoms with E-state index in [9.17, 15) is 4.79 Å². The number of hydrogen-bond donors (Lipinski definition) is 1. The largest absolute Gasteiger partial charge is 0.469 e. The number of hydrogen-bond acceptors (Lipinski definition) is 3. The average molecular weight is 270 g/mol. The van der Waals surface area contributed by atoms with Crippen LogP contribution in [0, 0.1) is 6.92 Å². The first-order chi connectivity index (χ1) is 9.70. The predicted octanol–water partition coefficient (Wildman–Crippen LogP) is 3.33. The SMILES string of the molecule is CC/C(Cc1ccccc1)=N/NC(=O)c1ccoc1C. The summed E-state index contributed by atoms with van der Waals surface area (Å²) in [5.74, 6) is 0.356. The van der Waals surface area contributed by atoms with Gasteiger partial charge in [0.2, 0.25) is 0 Å². The van der Waals surface area contributed by atoms with E-state index >= 15 is 0 Å². The molecule has 20 heavy (non-hydrogen) atoms. The molecule has 0 radical (unpaired) electrons. The van der Waals surface area contributed by atoms with Crippen LogP contribution in [0.2, 0.25) is 0 Å². The fraction of sp³-hybridized carbons (Fsp3) is 0.250. The maximum Gasteiger partial charge on any atom is 0.274 e. The van der Waals surface area contributed by atoms with Crippen LogP contribution in [0.1, 0.15) is 35.0 Å². The van der Waals surface area contributed by atoms with E-state index in [1.165, 1.54) is 11.8 Å². The fourth-order valence-corrected chi connectivity index (χ4v) is 1.89. The van der Waals surface area contributed by atoms with Gasteiger partial charge in [-0.1, -0.05) is 37.3 Å². The van der Waals surface area contributed by atoms with E-state index in [2.05, 4.69) is 10.5 Å². The Balaban J connectivity index is 2.01. The van der Waals surface area contributed by atoms with Crippen molar-refractivity contribution in [1.29, 1.82) is 0 Å². The molecule has 1 aromatic heterocycles. The number of furan rings is 1. The lowest BCUT2D eigenvalue weighted by Gasteiger charge is -2.05. The number of rotatable bonds is 5. The quantitative estimate of drug-likeness (QED) is 0.669. The zero-order valence-electron chi connectivity index (χ0n) is 11.7. The molecule has 0 atom stereocenters. The molecule has 0 bridgehead atoms. The van der Waals surface area contributed by atoms with Gasteiger partial charge in [-0.2, -0.15) is 5.10 Å². The lowest BCUT2D eigenvalue weighted by molar-refractivity contribution is 0.0953. The maximum absolute atomic E-state index is 11.9. The van der Waals surface area contributed by atoms with Crippen molar-refractivity contribution in [2.24, 2.45) is 5.10 Å². The molecule has 1 heterocycles. The van der Waals surface area contributed by atoms with Crippen LogP contribution >= 0.6 is 0 Å². The molecule has 0 saturated carbocycles. The summed E-state index contributed by atoms with van der Waals surface area (Å²) in [6.45, 7) is 3.78. The van der Waals surface area contributed by atoms with E-state index in [1.54, 1.807) is 13.0 Å². The zero-order valence-corrected chi connectivity index (χ0v) is 11.7. The van der Waals surface area contributed by atoms with Gasteiger partial charge in [-0.3, -0.25) is 4.79 Å². The van der Waals surface area contributed by atoms with Crippen LogP contribution in [0.15, 0.2) is 52.2 Å². The van der Waals surface area contributed by atoms with Gasteiger partial charge in [-0.25, -0.2) is 5.43 Å². The van der Waals surface area contributed by atoms with Crippen molar-refractivity contribution < 1.29 is 9.21 Å². The molecule has 0 spiro atoms. The Morgan fingerprint density at radius 1 is 1.25 bits per heavy atom. The van der Waals surface area contributed by atoms with Gasteiger partial charge in [0.15, 0.2) is 0 Å². The monoisotopic (exact) mass is 270 g/mol. The van der Waals surface area contributed by atoms with Crippen molar-refractivity contribution in [3.05, 3.63) is 59.5 Å². The maximum atomic E-state index is 11.9. The van der Waals surface area contributed by atoms with E-state index in [0.29, 0.717) is 11.3 Å². The second kappa shape index (κ2) is 6.70. The van der Waals surface area contributed by atoms with Crippen LogP contribution in [0.3, 0.4) is 0 Å². The minimum absolute atomic E-state index is 0.240. The molecular formula is C16H18N2O2. The highest BCUT2D eigenvalue weighted by Gasteiger charge is 2.10. The highest BCUT2D eigenvalue weighted by atomic mass is 16.3. The summed E-state index contributed by atoms with van der Waals surface area (Å²) < 4.78 is 5.11. The Kier molecular flexibility index (Phi) is 4.71. The molecule has 1 N–H and O–H groups in total. The van der Waals surface area contributed by atoms with Crippen LogP contribution in [-0.4, -0.2) is 11.6 Å². The molecule has 1 amide bonds. The van der Waals surface area contributed by atoms with Crippen molar-refractivity contribution in [2.45, 2.75) is 26.7 Å². The summed E-state index contributed by atoms with van der Waals surface area (Å²) in [7, 11) is 0. The highest BCUT2D eigenvalue weighted by molar-refractivity contribution is 5.96. The number of benzene rings is 1. The number of carbonyl (C=O) groups is 1. The number of aryl methyl sites for hydroxylation is 1. The average Bonchev–Trinajstić information content (AvgIpc) is 2.90. The number of amides is 1. The predicted molar refractivity (Wildman–Crippen MR) is 78.8 cm³/mol. The molecule has 0 fully saturated rings. The van der Waals surface area contributed by atoms with Gasteiger partial charge in [0.25, 0.3) is 5.91 Å². The summed E-state index contributed by atoms with van der Waals surface area (Å²) in [4.78, 5) is 11.9. The van der Waals surface area contributed by atoms with E-state index in [-0.39, 0.29) is 5.91 Å². The molecule has 0 aliphatic rings.